The van der Waals surface area contributed by atoms with E-state index in [9.17, 15) is 13.2 Å². The normalized spacial score (nSPS) is 13.2. The lowest BCUT2D eigenvalue weighted by molar-refractivity contribution is 0.0989. The van der Waals surface area contributed by atoms with Crippen molar-refractivity contribution in [3.63, 3.8) is 0 Å². The maximum absolute atomic E-state index is 12.9. The highest BCUT2D eigenvalue weighted by Crippen LogP contribution is 2.30. The molecule has 0 aromatic heterocycles. The Bertz CT molecular complexity index is 1160. The van der Waals surface area contributed by atoms with E-state index in [4.69, 9.17) is 4.74 Å². The zero-order chi connectivity index (χ0) is 21.1. The van der Waals surface area contributed by atoms with Crippen molar-refractivity contribution in [2.75, 3.05) is 18.6 Å². The number of hydrogen-bond donors (Lipinski definition) is 1. The fraction of sp³-hybridized carbons (Fsp3) is 0.174. The number of nitrogens with zero attached hydrogens (tertiary/aromatic N) is 1. The van der Waals surface area contributed by atoms with Crippen LogP contribution in [0.5, 0.6) is 5.75 Å². The van der Waals surface area contributed by atoms with E-state index in [1.54, 1.807) is 29.2 Å². The number of benzene rings is 3. The number of fused-ring (bicyclic) bond motifs is 1. The lowest BCUT2D eigenvalue weighted by Gasteiger charge is -2.18. The van der Waals surface area contributed by atoms with E-state index in [2.05, 4.69) is 4.72 Å². The number of rotatable bonds is 6. The van der Waals surface area contributed by atoms with Crippen molar-refractivity contribution in [2.24, 2.45) is 0 Å². The summed E-state index contributed by atoms with van der Waals surface area (Å²) in [6, 6.07) is 21.1. The number of ether oxygens (including phenoxy) is 1. The molecule has 1 N–H and O–H groups in total. The van der Waals surface area contributed by atoms with Gasteiger partial charge in [0.1, 0.15) is 5.75 Å². The third kappa shape index (κ3) is 4.08. The molecule has 154 valence electrons. The van der Waals surface area contributed by atoms with Crippen LogP contribution in [-0.4, -0.2) is 28.0 Å². The van der Waals surface area contributed by atoms with E-state index >= 15 is 0 Å². The van der Waals surface area contributed by atoms with Crippen molar-refractivity contribution in [1.82, 2.24) is 4.72 Å². The van der Waals surface area contributed by atoms with Gasteiger partial charge in [0.15, 0.2) is 0 Å². The fourth-order valence-electron chi connectivity index (χ4n) is 3.50. The van der Waals surface area contributed by atoms with E-state index in [1.807, 2.05) is 36.4 Å². The van der Waals surface area contributed by atoms with Crippen molar-refractivity contribution in [2.45, 2.75) is 17.9 Å². The van der Waals surface area contributed by atoms with Gasteiger partial charge < -0.3 is 9.64 Å². The third-order valence-electron chi connectivity index (χ3n) is 5.15. The monoisotopic (exact) mass is 422 g/mol. The molecule has 0 saturated carbocycles. The number of nitrogens with one attached hydrogen (secondary N) is 1. The van der Waals surface area contributed by atoms with Gasteiger partial charge in [0.2, 0.25) is 10.0 Å². The summed E-state index contributed by atoms with van der Waals surface area (Å²) in [7, 11) is -2.13. The highest BCUT2D eigenvalue weighted by atomic mass is 32.2. The van der Waals surface area contributed by atoms with Crippen molar-refractivity contribution in [3.05, 3.63) is 89.5 Å². The van der Waals surface area contributed by atoms with Gasteiger partial charge in [-0.05, 0) is 60.0 Å². The molecule has 1 aliphatic rings. The van der Waals surface area contributed by atoms with Crippen LogP contribution in [0.15, 0.2) is 77.7 Å². The topological polar surface area (TPSA) is 75.7 Å². The van der Waals surface area contributed by atoms with Gasteiger partial charge in [0, 0.05) is 24.3 Å². The van der Waals surface area contributed by atoms with E-state index < -0.39 is 10.0 Å². The number of anilines is 1. The van der Waals surface area contributed by atoms with E-state index in [1.165, 1.54) is 19.2 Å². The molecule has 0 spiro atoms. The standard InChI is InChI=1S/C23H22N2O4S/c1-29-20-9-11-21(12-10-20)30(27,28)24-16-17-7-8-18-13-14-25(22(18)15-17)23(26)19-5-3-2-4-6-19/h2-12,15,24H,13-14,16H2,1H3. The lowest BCUT2D eigenvalue weighted by Crippen LogP contribution is -2.29. The number of sulfonamides is 1. The maximum Gasteiger partial charge on any atom is 0.258 e. The summed E-state index contributed by atoms with van der Waals surface area (Å²) in [6.07, 6.45) is 0.783. The molecule has 6 nitrogen and oxygen atoms in total. The number of hydrogen-bond acceptors (Lipinski definition) is 4. The molecule has 0 fully saturated rings. The van der Waals surface area contributed by atoms with Crippen LogP contribution in [0.25, 0.3) is 0 Å². The van der Waals surface area contributed by atoms with Crippen LogP contribution in [0, 0.1) is 0 Å². The largest absolute Gasteiger partial charge is 0.497 e. The van der Waals surface area contributed by atoms with Crippen LogP contribution < -0.4 is 14.4 Å². The van der Waals surface area contributed by atoms with E-state index in [0.29, 0.717) is 17.9 Å². The third-order valence-corrected chi connectivity index (χ3v) is 6.56. The summed E-state index contributed by atoms with van der Waals surface area (Å²) in [5.74, 6) is 0.543. The molecule has 1 aliphatic heterocycles. The summed E-state index contributed by atoms with van der Waals surface area (Å²) < 4.78 is 32.9. The van der Waals surface area contributed by atoms with Gasteiger partial charge in [-0.1, -0.05) is 30.3 Å². The second-order valence-electron chi connectivity index (χ2n) is 7.04. The summed E-state index contributed by atoms with van der Waals surface area (Å²) >= 11 is 0. The van der Waals surface area contributed by atoms with Crippen LogP contribution in [-0.2, 0) is 23.0 Å². The average Bonchev–Trinajstić information content (AvgIpc) is 3.21. The molecular weight excluding hydrogens is 400 g/mol. The predicted octanol–water partition coefficient (Wildman–Crippen LogP) is 3.38. The van der Waals surface area contributed by atoms with Crippen molar-refractivity contribution in [1.29, 1.82) is 0 Å². The average molecular weight is 423 g/mol. The highest BCUT2D eigenvalue weighted by molar-refractivity contribution is 7.89. The minimum atomic E-state index is -3.66. The molecule has 0 atom stereocenters. The first kappa shape index (κ1) is 20.1. The Kier molecular flexibility index (Phi) is 5.57. The first-order valence-electron chi connectivity index (χ1n) is 9.60. The predicted molar refractivity (Wildman–Crippen MR) is 115 cm³/mol. The van der Waals surface area contributed by atoms with Gasteiger partial charge in [-0.3, -0.25) is 4.79 Å². The Morgan fingerprint density at radius 1 is 1.03 bits per heavy atom. The highest BCUT2D eigenvalue weighted by Gasteiger charge is 2.26. The first-order chi connectivity index (χ1) is 14.5. The molecule has 0 aliphatic carbocycles. The summed E-state index contributed by atoms with van der Waals surface area (Å²) in [4.78, 5) is 14.8. The number of carbonyl (C=O) groups is 1. The van der Waals surface area contributed by atoms with Crippen LogP contribution in [0.1, 0.15) is 21.5 Å². The molecule has 0 radical (unpaired) electrons. The van der Waals surface area contributed by atoms with Crippen LogP contribution in [0.3, 0.4) is 0 Å². The molecule has 0 saturated heterocycles. The number of methoxy groups -OCH3 is 1. The molecule has 4 rings (SSSR count). The Balaban J connectivity index is 1.51. The van der Waals surface area contributed by atoms with Crippen molar-refractivity contribution in [3.8, 4) is 5.75 Å². The Morgan fingerprint density at radius 3 is 2.47 bits per heavy atom. The van der Waals surface area contributed by atoms with Gasteiger partial charge in [-0.2, -0.15) is 0 Å². The minimum Gasteiger partial charge on any atom is -0.497 e. The quantitative estimate of drug-likeness (QED) is 0.661. The van der Waals surface area contributed by atoms with Gasteiger partial charge in [-0.25, -0.2) is 13.1 Å². The van der Waals surface area contributed by atoms with Crippen molar-refractivity contribution >= 4 is 21.6 Å². The second kappa shape index (κ2) is 8.30. The molecule has 30 heavy (non-hydrogen) atoms. The Labute approximate surface area is 176 Å². The Hall–Kier alpha value is -3.16. The molecule has 1 amide bonds. The molecular formula is C23H22N2O4S. The van der Waals surface area contributed by atoms with Crippen LogP contribution in [0.2, 0.25) is 0 Å². The minimum absolute atomic E-state index is 0.0506. The maximum atomic E-state index is 12.9. The van der Waals surface area contributed by atoms with E-state index in [0.717, 1.165) is 23.2 Å². The molecule has 3 aromatic carbocycles. The smallest absolute Gasteiger partial charge is 0.258 e. The molecule has 0 bridgehead atoms. The molecule has 1 heterocycles. The van der Waals surface area contributed by atoms with Crippen molar-refractivity contribution < 1.29 is 17.9 Å². The molecule has 0 unspecified atom stereocenters. The van der Waals surface area contributed by atoms with E-state index in [-0.39, 0.29) is 17.3 Å². The van der Waals surface area contributed by atoms with Crippen LogP contribution in [0.4, 0.5) is 5.69 Å². The summed E-state index contributed by atoms with van der Waals surface area (Å²) in [5.41, 5.74) is 3.35. The fourth-order valence-corrected chi connectivity index (χ4v) is 4.52. The van der Waals surface area contributed by atoms with Gasteiger partial charge in [-0.15, -0.1) is 0 Å². The lowest BCUT2D eigenvalue weighted by atomic mass is 10.1. The van der Waals surface area contributed by atoms with Gasteiger partial charge >= 0.3 is 0 Å². The number of amides is 1. The summed E-state index contributed by atoms with van der Waals surface area (Å²) in [6.45, 7) is 0.749. The van der Waals surface area contributed by atoms with Gasteiger partial charge in [0.25, 0.3) is 5.91 Å². The summed E-state index contributed by atoms with van der Waals surface area (Å²) in [5, 5.41) is 0. The zero-order valence-corrected chi connectivity index (χ0v) is 17.4. The number of carbonyl (C=O) groups excluding carboxylic acids is 1. The first-order valence-corrected chi connectivity index (χ1v) is 11.1. The SMILES string of the molecule is COc1ccc(S(=O)(=O)NCc2ccc3c(c2)N(C(=O)c2ccccc2)CC3)cc1. The zero-order valence-electron chi connectivity index (χ0n) is 16.5. The molecule has 7 heteroatoms. The molecule has 3 aromatic rings. The van der Waals surface area contributed by atoms with Crippen LogP contribution >= 0.6 is 0 Å². The van der Waals surface area contributed by atoms with Gasteiger partial charge in [0.05, 0.1) is 12.0 Å². The second-order valence-corrected chi connectivity index (χ2v) is 8.80. The Morgan fingerprint density at radius 2 is 1.77 bits per heavy atom.